The molecule has 1 aromatic carbocycles. The first-order valence-corrected chi connectivity index (χ1v) is 8.86. The number of furan rings is 1. The van der Waals surface area contributed by atoms with Crippen LogP contribution in [-0.2, 0) is 6.54 Å². The van der Waals surface area contributed by atoms with Crippen LogP contribution < -0.4 is 5.32 Å². The van der Waals surface area contributed by atoms with Crippen molar-refractivity contribution in [3.8, 4) is 0 Å². The van der Waals surface area contributed by atoms with E-state index in [1.807, 2.05) is 42.2 Å². The summed E-state index contributed by atoms with van der Waals surface area (Å²) in [6.45, 7) is 2.42. The lowest BCUT2D eigenvalue weighted by Crippen LogP contribution is -2.32. The van der Waals surface area contributed by atoms with E-state index in [0.717, 1.165) is 36.8 Å². The Morgan fingerprint density at radius 1 is 1.12 bits per heavy atom. The Labute approximate surface area is 147 Å². The molecule has 0 atom stereocenters. The number of carbonyl (C=O) groups excluding carboxylic acids is 2. The zero-order chi connectivity index (χ0) is 17.4. The zero-order valence-corrected chi connectivity index (χ0v) is 14.3. The molecule has 1 heterocycles. The maximum atomic E-state index is 12.8. The van der Waals surface area contributed by atoms with Crippen LogP contribution in [0.5, 0.6) is 0 Å². The fourth-order valence-corrected chi connectivity index (χ4v) is 2.93. The number of aryl methyl sites for hydroxylation is 1. The minimum Gasteiger partial charge on any atom is -0.459 e. The third-order valence-corrected chi connectivity index (χ3v) is 4.79. The van der Waals surface area contributed by atoms with E-state index in [9.17, 15) is 9.59 Å². The second-order valence-corrected chi connectivity index (χ2v) is 7.04. The molecule has 2 aromatic rings. The fourth-order valence-electron chi connectivity index (χ4n) is 2.93. The highest BCUT2D eigenvalue weighted by Gasteiger charge is 2.34. The van der Waals surface area contributed by atoms with Gasteiger partial charge >= 0.3 is 0 Å². The van der Waals surface area contributed by atoms with Crippen LogP contribution in [0.1, 0.15) is 57.7 Å². The highest BCUT2D eigenvalue weighted by Crippen LogP contribution is 2.30. The molecule has 130 valence electrons. The Balaban J connectivity index is 1.46. The first-order valence-electron chi connectivity index (χ1n) is 8.86. The van der Waals surface area contributed by atoms with Gasteiger partial charge in [0.25, 0.3) is 11.8 Å². The Hall–Kier alpha value is -2.56. The van der Waals surface area contributed by atoms with E-state index in [1.165, 1.54) is 0 Å². The third kappa shape index (κ3) is 3.60. The topological polar surface area (TPSA) is 62.6 Å². The normalized spacial score (nSPS) is 16.5. The summed E-state index contributed by atoms with van der Waals surface area (Å²) in [5, 5.41) is 2.99. The van der Waals surface area contributed by atoms with Crippen LogP contribution in [0.15, 0.2) is 41.0 Å². The highest BCUT2D eigenvalue weighted by atomic mass is 16.3. The molecule has 2 fully saturated rings. The molecular formula is C20H22N2O3. The van der Waals surface area contributed by atoms with Gasteiger partial charge in [-0.1, -0.05) is 12.1 Å². The maximum absolute atomic E-state index is 12.8. The highest BCUT2D eigenvalue weighted by molar-refractivity contribution is 5.95. The molecule has 0 radical (unpaired) electrons. The van der Waals surface area contributed by atoms with Crippen molar-refractivity contribution >= 4 is 11.8 Å². The van der Waals surface area contributed by atoms with E-state index in [1.54, 1.807) is 6.26 Å². The molecule has 5 nitrogen and oxygen atoms in total. The van der Waals surface area contributed by atoms with Gasteiger partial charge in [0, 0.05) is 29.8 Å². The molecule has 25 heavy (non-hydrogen) atoms. The number of nitrogens with zero attached hydrogens (tertiary/aromatic N) is 1. The molecule has 2 aliphatic carbocycles. The summed E-state index contributed by atoms with van der Waals surface area (Å²) in [6.07, 6.45) is 5.78. The molecule has 4 rings (SSSR count). The first-order chi connectivity index (χ1) is 12.1. The number of benzene rings is 1. The van der Waals surface area contributed by atoms with E-state index in [2.05, 4.69) is 5.32 Å². The van der Waals surface area contributed by atoms with Crippen molar-refractivity contribution in [1.29, 1.82) is 0 Å². The summed E-state index contributed by atoms with van der Waals surface area (Å²) in [4.78, 5) is 26.7. The lowest BCUT2D eigenvalue weighted by Gasteiger charge is -2.22. The van der Waals surface area contributed by atoms with Crippen molar-refractivity contribution in [2.75, 3.05) is 0 Å². The molecular weight excluding hydrogens is 316 g/mol. The lowest BCUT2D eigenvalue weighted by molar-refractivity contribution is 0.0696. The predicted molar refractivity (Wildman–Crippen MR) is 93.3 cm³/mol. The Morgan fingerprint density at radius 3 is 2.40 bits per heavy atom. The average molecular weight is 338 g/mol. The maximum Gasteiger partial charge on any atom is 0.290 e. The van der Waals surface area contributed by atoms with Gasteiger partial charge < -0.3 is 14.6 Å². The van der Waals surface area contributed by atoms with Crippen LogP contribution in [0.2, 0.25) is 0 Å². The summed E-state index contributed by atoms with van der Waals surface area (Å²) in [5.41, 5.74) is 2.55. The van der Waals surface area contributed by atoms with Crippen LogP contribution in [0.3, 0.4) is 0 Å². The van der Waals surface area contributed by atoms with Crippen molar-refractivity contribution in [2.24, 2.45) is 0 Å². The Bertz CT molecular complexity index is 786. The largest absolute Gasteiger partial charge is 0.459 e. The second kappa shape index (κ2) is 6.39. The van der Waals surface area contributed by atoms with Crippen molar-refractivity contribution in [1.82, 2.24) is 10.2 Å². The smallest absolute Gasteiger partial charge is 0.290 e. The number of rotatable bonds is 6. The number of hydrogen-bond donors (Lipinski definition) is 1. The molecule has 2 saturated carbocycles. The van der Waals surface area contributed by atoms with Crippen molar-refractivity contribution in [3.05, 3.63) is 59.0 Å². The van der Waals surface area contributed by atoms with Gasteiger partial charge in [0.05, 0.1) is 6.26 Å². The van der Waals surface area contributed by atoms with Crippen LogP contribution in [0, 0.1) is 6.92 Å². The van der Waals surface area contributed by atoms with Crippen LogP contribution in [0.4, 0.5) is 0 Å². The third-order valence-electron chi connectivity index (χ3n) is 4.79. The average Bonchev–Trinajstić information content (AvgIpc) is 3.53. The minimum absolute atomic E-state index is 0.0182. The van der Waals surface area contributed by atoms with E-state index in [-0.39, 0.29) is 17.9 Å². The van der Waals surface area contributed by atoms with Gasteiger partial charge in [-0.3, -0.25) is 9.59 Å². The first kappa shape index (κ1) is 15.9. The second-order valence-electron chi connectivity index (χ2n) is 7.04. The van der Waals surface area contributed by atoms with Gasteiger partial charge in [0.1, 0.15) is 0 Å². The number of nitrogens with one attached hydrogen (secondary N) is 1. The Kier molecular flexibility index (Phi) is 4.07. The van der Waals surface area contributed by atoms with Crippen LogP contribution in [-0.4, -0.2) is 28.8 Å². The summed E-state index contributed by atoms with van der Waals surface area (Å²) in [7, 11) is 0. The number of hydrogen-bond acceptors (Lipinski definition) is 3. The van der Waals surface area contributed by atoms with Crippen molar-refractivity contribution in [3.63, 3.8) is 0 Å². The summed E-state index contributed by atoms with van der Waals surface area (Å²) >= 11 is 0. The quantitative estimate of drug-likeness (QED) is 0.879. The molecule has 0 bridgehead atoms. The monoisotopic (exact) mass is 338 g/mol. The van der Waals surface area contributed by atoms with E-state index in [4.69, 9.17) is 4.42 Å². The van der Waals surface area contributed by atoms with Gasteiger partial charge in [0.15, 0.2) is 5.76 Å². The molecule has 2 amide bonds. The van der Waals surface area contributed by atoms with Gasteiger partial charge in [-0.2, -0.15) is 0 Å². The summed E-state index contributed by atoms with van der Waals surface area (Å²) in [6, 6.07) is 9.98. The van der Waals surface area contributed by atoms with Crippen molar-refractivity contribution < 1.29 is 14.0 Å². The number of amides is 2. The molecule has 0 unspecified atom stereocenters. The van der Waals surface area contributed by atoms with Gasteiger partial charge in [-0.25, -0.2) is 0 Å². The van der Waals surface area contributed by atoms with Gasteiger partial charge in [-0.15, -0.1) is 0 Å². The summed E-state index contributed by atoms with van der Waals surface area (Å²) < 4.78 is 5.37. The van der Waals surface area contributed by atoms with Gasteiger partial charge in [0.2, 0.25) is 0 Å². The van der Waals surface area contributed by atoms with Crippen LogP contribution in [0.25, 0.3) is 0 Å². The molecule has 0 saturated heterocycles. The van der Waals surface area contributed by atoms with Crippen molar-refractivity contribution in [2.45, 2.75) is 51.2 Å². The van der Waals surface area contributed by atoms with E-state index < -0.39 is 0 Å². The number of carbonyl (C=O) groups is 2. The Morgan fingerprint density at radius 2 is 1.84 bits per heavy atom. The molecule has 1 aromatic heterocycles. The molecule has 1 N–H and O–H groups in total. The lowest BCUT2D eigenvalue weighted by atomic mass is 10.1. The predicted octanol–water partition coefficient (Wildman–Crippen LogP) is 3.29. The molecule has 5 heteroatoms. The van der Waals surface area contributed by atoms with E-state index >= 15 is 0 Å². The SMILES string of the molecule is Cc1ccoc1C(=O)N(Cc1ccc(C(=O)NC2CC2)cc1)C1CC1. The fraction of sp³-hybridized carbons (Fsp3) is 0.400. The zero-order valence-electron chi connectivity index (χ0n) is 14.3. The molecule has 2 aliphatic rings. The van der Waals surface area contributed by atoms with Gasteiger partial charge in [-0.05, 0) is 56.4 Å². The van der Waals surface area contributed by atoms with Crippen LogP contribution >= 0.6 is 0 Å². The minimum atomic E-state index is -0.0550. The molecule has 0 spiro atoms. The van der Waals surface area contributed by atoms with E-state index in [0.29, 0.717) is 23.9 Å². The molecule has 0 aliphatic heterocycles. The summed E-state index contributed by atoms with van der Waals surface area (Å²) in [5.74, 6) is 0.350. The standard InChI is InChI=1S/C20H22N2O3/c1-13-10-11-25-18(13)20(24)22(17-8-9-17)12-14-2-4-15(5-3-14)19(23)21-16-6-7-16/h2-5,10-11,16-17H,6-9,12H2,1H3,(H,21,23).